The van der Waals surface area contributed by atoms with Crippen LogP contribution in [0.1, 0.15) is 16.7 Å². The Bertz CT molecular complexity index is 1030. The van der Waals surface area contributed by atoms with Gasteiger partial charge in [0.15, 0.2) is 0 Å². The molecule has 0 bridgehead atoms. The van der Waals surface area contributed by atoms with Gasteiger partial charge in [0.25, 0.3) is 17.1 Å². The number of hydrogen-bond donors (Lipinski definition) is 0. The summed E-state index contributed by atoms with van der Waals surface area (Å²) in [4.78, 5) is 41.3. The topological polar surface area (TPSA) is 57.7 Å². The number of para-hydroxylation sites is 1. The molecule has 1 fully saturated rings. The molecule has 130 valence electrons. The minimum Gasteiger partial charge on any atom is -0.311 e. The van der Waals surface area contributed by atoms with Crippen molar-refractivity contribution in [3.63, 3.8) is 0 Å². The van der Waals surface area contributed by atoms with Crippen molar-refractivity contribution in [2.24, 2.45) is 0 Å². The minimum absolute atomic E-state index is 0.192. The maximum atomic E-state index is 13.1. The van der Waals surface area contributed by atoms with Crippen LogP contribution in [0.3, 0.4) is 0 Å². The quantitative estimate of drug-likeness (QED) is 0.721. The van der Waals surface area contributed by atoms with E-state index in [2.05, 4.69) is 0 Å². The van der Waals surface area contributed by atoms with Crippen LogP contribution in [0.25, 0.3) is 5.57 Å². The third-order valence-electron chi connectivity index (χ3n) is 4.66. The predicted molar refractivity (Wildman–Crippen MR) is 103 cm³/mol. The number of nitrogens with zero attached hydrogens (tertiary/aromatic N) is 2. The van der Waals surface area contributed by atoms with E-state index in [1.165, 1.54) is 9.80 Å². The van der Waals surface area contributed by atoms with Gasteiger partial charge < -0.3 is 4.90 Å². The van der Waals surface area contributed by atoms with E-state index in [4.69, 9.17) is 0 Å². The molecule has 0 aromatic heterocycles. The molecule has 0 aliphatic carbocycles. The Kier molecular flexibility index (Phi) is 3.73. The lowest BCUT2D eigenvalue weighted by molar-refractivity contribution is -0.115. The second kappa shape index (κ2) is 5.85. The van der Waals surface area contributed by atoms with E-state index < -0.39 is 5.91 Å². The van der Waals surface area contributed by atoms with E-state index in [9.17, 15) is 14.4 Å². The van der Waals surface area contributed by atoms with Crippen LogP contribution in [0.5, 0.6) is 0 Å². The van der Waals surface area contributed by atoms with Gasteiger partial charge in [-0.3, -0.25) is 14.4 Å². The zero-order valence-electron chi connectivity index (χ0n) is 14.6. The average molecular weight is 364 g/mol. The van der Waals surface area contributed by atoms with E-state index in [1.54, 1.807) is 13.1 Å². The number of hydrogen-bond acceptors (Lipinski definition) is 4. The molecule has 3 amide bonds. The van der Waals surface area contributed by atoms with Gasteiger partial charge in [-0.1, -0.05) is 30.3 Å². The molecule has 2 aromatic carbocycles. The van der Waals surface area contributed by atoms with Crippen LogP contribution in [0, 0.1) is 13.8 Å². The number of likely N-dealkylation sites (N-methyl/N-ethyl adjacent to an activating group) is 1. The lowest BCUT2D eigenvalue weighted by Gasteiger charge is -2.16. The lowest BCUT2D eigenvalue weighted by Crippen LogP contribution is -2.29. The minimum atomic E-state index is -0.442. The summed E-state index contributed by atoms with van der Waals surface area (Å²) in [5.74, 6) is -0.709. The Morgan fingerprint density at radius 3 is 2.38 bits per heavy atom. The molecule has 0 atom stereocenters. The highest BCUT2D eigenvalue weighted by Crippen LogP contribution is 2.45. The first-order valence-corrected chi connectivity index (χ1v) is 8.97. The van der Waals surface area contributed by atoms with Crippen molar-refractivity contribution in [2.75, 3.05) is 16.8 Å². The molecule has 2 aromatic rings. The highest BCUT2D eigenvalue weighted by molar-refractivity contribution is 8.19. The van der Waals surface area contributed by atoms with Gasteiger partial charge in [0.05, 0.1) is 21.9 Å². The number of thioether (sulfide) groups is 1. The zero-order valence-corrected chi connectivity index (χ0v) is 15.4. The first-order valence-electron chi connectivity index (χ1n) is 8.15. The summed E-state index contributed by atoms with van der Waals surface area (Å²) in [6.07, 6.45) is 0. The monoisotopic (exact) mass is 364 g/mol. The van der Waals surface area contributed by atoms with Crippen molar-refractivity contribution in [1.29, 1.82) is 0 Å². The molecule has 2 aliphatic rings. The average Bonchev–Trinajstić information content (AvgIpc) is 3.04. The Morgan fingerprint density at radius 1 is 0.885 bits per heavy atom. The maximum absolute atomic E-state index is 13.1. The second-order valence-corrected chi connectivity index (χ2v) is 7.35. The SMILES string of the molecule is Cc1ccc(C)c(N2C(=O)S/C(=C3\C(=O)N(C)c4ccccc43)C2=O)c1. The number of anilines is 2. The summed E-state index contributed by atoms with van der Waals surface area (Å²) in [7, 11) is 1.67. The van der Waals surface area contributed by atoms with Crippen LogP contribution >= 0.6 is 11.8 Å². The molecule has 2 aliphatic heterocycles. The Labute approximate surface area is 155 Å². The van der Waals surface area contributed by atoms with Crippen LogP contribution in [-0.2, 0) is 9.59 Å². The summed E-state index contributed by atoms with van der Waals surface area (Å²) in [5, 5.41) is -0.383. The molecule has 0 radical (unpaired) electrons. The van der Waals surface area contributed by atoms with Gasteiger partial charge in [0, 0.05) is 12.6 Å². The van der Waals surface area contributed by atoms with Crippen molar-refractivity contribution < 1.29 is 14.4 Å². The second-order valence-electron chi connectivity index (χ2n) is 6.38. The molecule has 6 heteroatoms. The van der Waals surface area contributed by atoms with Crippen molar-refractivity contribution >= 4 is 45.8 Å². The molecule has 5 nitrogen and oxygen atoms in total. The number of amides is 3. The summed E-state index contributed by atoms with van der Waals surface area (Å²) in [6, 6.07) is 12.9. The summed E-state index contributed by atoms with van der Waals surface area (Å²) in [5.41, 5.74) is 4.09. The first kappa shape index (κ1) is 16.6. The van der Waals surface area contributed by atoms with Crippen LogP contribution in [0.4, 0.5) is 16.2 Å². The Balaban J connectivity index is 1.87. The molecular formula is C20H16N2O3S. The largest absolute Gasteiger partial charge is 0.311 e. The third kappa shape index (κ3) is 2.29. The molecule has 1 saturated heterocycles. The molecular weight excluding hydrogens is 348 g/mol. The van der Waals surface area contributed by atoms with Gasteiger partial charge >= 0.3 is 0 Å². The highest BCUT2D eigenvalue weighted by Gasteiger charge is 2.43. The van der Waals surface area contributed by atoms with E-state index in [1.807, 2.05) is 50.2 Å². The molecule has 0 unspecified atom stereocenters. The van der Waals surface area contributed by atoms with Gasteiger partial charge in [-0.15, -0.1) is 0 Å². The van der Waals surface area contributed by atoms with Gasteiger partial charge in [0.2, 0.25) is 0 Å². The standard InChI is InChI=1S/C20H16N2O3S/c1-11-8-9-12(2)15(10-11)22-19(24)17(26-20(22)25)16-13-6-4-5-7-14(13)21(3)18(16)23/h4-10H,1-3H3/b17-16-. The number of fused-ring (bicyclic) bond motifs is 1. The van der Waals surface area contributed by atoms with Crippen LogP contribution in [-0.4, -0.2) is 24.1 Å². The van der Waals surface area contributed by atoms with Crippen LogP contribution < -0.4 is 9.80 Å². The fourth-order valence-corrected chi connectivity index (χ4v) is 4.20. The molecule has 4 rings (SSSR count). The van der Waals surface area contributed by atoms with Crippen molar-refractivity contribution in [1.82, 2.24) is 0 Å². The van der Waals surface area contributed by atoms with Gasteiger partial charge in [-0.25, -0.2) is 4.90 Å². The maximum Gasteiger partial charge on any atom is 0.298 e. The van der Waals surface area contributed by atoms with Crippen LogP contribution in [0.2, 0.25) is 0 Å². The third-order valence-corrected chi connectivity index (χ3v) is 5.60. The van der Waals surface area contributed by atoms with E-state index in [0.717, 1.165) is 28.6 Å². The van der Waals surface area contributed by atoms with Crippen LogP contribution in [0.15, 0.2) is 47.4 Å². The van der Waals surface area contributed by atoms with E-state index in [-0.39, 0.29) is 16.1 Å². The zero-order chi connectivity index (χ0) is 18.6. The van der Waals surface area contributed by atoms with Gasteiger partial charge in [-0.2, -0.15) is 0 Å². The smallest absolute Gasteiger partial charge is 0.298 e. The molecule has 0 N–H and O–H groups in total. The first-order chi connectivity index (χ1) is 12.4. The Morgan fingerprint density at radius 2 is 1.62 bits per heavy atom. The van der Waals surface area contributed by atoms with Gasteiger partial charge in [0.1, 0.15) is 0 Å². The number of benzene rings is 2. The number of rotatable bonds is 1. The van der Waals surface area contributed by atoms with Crippen molar-refractivity contribution in [3.05, 3.63) is 64.1 Å². The molecule has 0 spiro atoms. The van der Waals surface area contributed by atoms with Gasteiger partial charge in [-0.05, 0) is 48.9 Å². The summed E-state index contributed by atoms with van der Waals surface area (Å²) in [6.45, 7) is 3.77. The number of aryl methyl sites for hydroxylation is 2. The van der Waals surface area contributed by atoms with Crippen molar-refractivity contribution in [3.8, 4) is 0 Å². The number of imide groups is 1. The van der Waals surface area contributed by atoms with E-state index >= 15 is 0 Å². The normalized spacial score (nSPS) is 19.6. The fourth-order valence-electron chi connectivity index (χ4n) is 3.28. The molecule has 2 heterocycles. The summed E-state index contributed by atoms with van der Waals surface area (Å²) >= 11 is 0.827. The fraction of sp³-hybridized carbons (Fsp3) is 0.150. The highest BCUT2D eigenvalue weighted by atomic mass is 32.2. The summed E-state index contributed by atoms with van der Waals surface area (Å²) < 4.78 is 0. The Hall–Kier alpha value is -2.86. The molecule has 0 saturated carbocycles. The predicted octanol–water partition coefficient (Wildman–Crippen LogP) is 3.89. The number of carbonyl (C=O) groups is 3. The van der Waals surface area contributed by atoms with E-state index in [0.29, 0.717) is 16.8 Å². The number of carbonyl (C=O) groups excluding carboxylic acids is 3. The molecule has 26 heavy (non-hydrogen) atoms. The lowest BCUT2D eigenvalue weighted by atomic mass is 10.1. The van der Waals surface area contributed by atoms with Crippen molar-refractivity contribution in [2.45, 2.75) is 13.8 Å².